The predicted octanol–water partition coefficient (Wildman–Crippen LogP) is 4.16. The van der Waals surface area contributed by atoms with Gasteiger partial charge in [0.05, 0.1) is 17.2 Å². The summed E-state index contributed by atoms with van der Waals surface area (Å²) in [5.74, 6) is 0.744. The summed E-state index contributed by atoms with van der Waals surface area (Å²) in [6.45, 7) is 7.05. The lowest BCUT2D eigenvalue weighted by Gasteiger charge is -2.36. The second-order valence-electron chi connectivity index (χ2n) is 8.18. The summed E-state index contributed by atoms with van der Waals surface area (Å²) in [4.78, 5) is 17.1. The molecule has 0 bridgehead atoms. The van der Waals surface area contributed by atoms with Gasteiger partial charge >= 0.3 is 0 Å². The molecule has 0 atom stereocenters. The summed E-state index contributed by atoms with van der Waals surface area (Å²) >= 11 is 0. The minimum Gasteiger partial charge on any atom is -0.492 e. The van der Waals surface area contributed by atoms with Gasteiger partial charge in [-0.05, 0) is 62.4 Å². The molecule has 8 heteroatoms. The molecule has 1 aliphatic rings. The highest BCUT2D eigenvalue weighted by molar-refractivity contribution is 7.92. The van der Waals surface area contributed by atoms with Gasteiger partial charge in [-0.1, -0.05) is 29.8 Å². The van der Waals surface area contributed by atoms with E-state index in [9.17, 15) is 13.2 Å². The number of aryl methyl sites for hydroxylation is 1. The maximum absolute atomic E-state index is 13.0. The molecular weight excluding hydrogens is 450 g/mol. The number of nitrogens with one attached hydrogen (secondary N) is 1. The minimum atomic E-state index is -3.73. The largest absolute Gasteiger partial charge is 0.492 e. The van der Waals surface area contributed by atoms with Gasteiger partial charge in [0.1, 0.15) is 5.75 Å². The molecule has 1 heterocycles. The quantitative estimate of drug-likeness (QED) is 0.551. The number of sulfonamides is 1. The van der Waals surface area contributed by atoms with Crippen LogP contribution in [-0.4, -0.2) is 52.0 Å². The number of carbonyl (C=O) groups excluding carboxylic acids is 1. The fourth-order valence-corrected chi connectivity index (χ4v) is 5.00. The van der Waals surface area contributed by atoms with Crippen LogP contribution in [0.2, 0.25) is 0 Å². The Morgan fingerprint density at radius 1 is 0.912 bits per heavy atom. The molecule has 1 aliphatic heterocycles. The van der Waals surface area contributed by atoms with Crippen molar-refractivity contribution in [3.05, 3.63) is 83.9 Å². The molecule has 1 saturated heterocycles. The van der Waals surface area contributed by atoms with Crippen LogP contribution in [0.15, 0.2) is 77.7 Å². The summed E-state index contributed by atoms with van der Waals surface area (Å²) in [6.07, 6.45) is 0. The van der Waals surface area contributed by atoms with E-state index in [0.29, 0.717) is 44.0 Å². The molecule has 1 N–H and O–H groups in total. The number of piperazine rings is 1. The smallest absolute Gasteiger partial charge is 0.261 e. The fraction of sp³-hybridized carbons (Fsp3) is 0.269. The van der Waals surface area contributed by atoms with E-state index in [2.05, 4.69) is 9.62 Å². The summed E-state index contributed by atoms with van der Waals surface area (Å²) in [5.41, 5.74) is 3.05. The Hall–Kier alpha value is -3.52. The van der Waals surface area contributed by atoms with E-state index in [1.54, 1.807) is 29.2 Å². The number of carbonyl (C=O) groups is 1. The minimum absolute atomic E-state index is 0.104. The number of nitrogens with zero attached hydrogens (tertiary/aromatic N) is 2. The van der Waals surface area contributed by atoms with Crippen molar-refractivity contribution in [2.24, 2.45) is 0 Å². The topological polar surface area (TPSA) is 79.0 Å². The van der Waals surface area contributed by atoms with Gasteiger partial charge in [-0.3, -0.25) is 9.52 Å². The molecule has 0 aliphatic carbocycles. The van der Waals surface area contributed by atoms with Gasteiger partial charge in [0.15, 0.2) is 0 Å². The molecule has 0 aromatic heterocycles. The van der Waals surface area contributed by atoms with E-state index in [0.717, 1.165) is 17.0 Å². The molecule has 7 nitrogen and oxygen atoms in total. The molecule has 3 aromatic carbocycles. The maximum Gasteiger partial charge on any atom is 0.261 e. The summed E-state index contributed by atoms with van der Waals surface area (Å²) < 4.78 is 33.7. The molecular formula is C26H29N3O4S. The zero-order valence-corrected chi connectivity index (χ0v) is 20.2. The van der Waals surface area contributed by atoms with Crippen LogP contribution in [0.5, 0.6) is 5.75 Å². The van der Waals surface area contributed by atoms with Crippen LogP contribution in [-0.2, 0) is 10.0 Å². The lowest BCUT2D eigenvalue weighted by molar-refractivity contribution is 0.0746. The summed E-state index contributed by atoms with van der Waals surface area (Å²) in [7, 11) is -3.73. The highest BCUT2D eigenvalue weighted by atomic mass is 32.2. The summed E-state index contributed by atoms with van der Waals surface area (Å²) in [6, 6.07) is 21.1. The van der Waals surface area contributed by atoms with Crippen molar-refractivity contribution in [1.29, 1.82) is 0 Å². The summed E-state index contributed by atoms with van der Waals surface area (Å²) in [5, 5.41) is 0. The molecule has 0 spiro atoms. The van der Waals surface area contributed by atoms with Crippen molar-refractivity contribution in [2.75, 3.05) is 42.4 Å². The highest BCUT2D eigenvalue weighted by Gasteiger charge is 2.24. The Kier molecular flexibility index (Phi) is 7.07. The van der Waals surface area contributed by atoms with E-state index in [4.69, 9.17) is 4.74 Å². The number of anilines is 2. The normalized spacial score (nSPS) is 14.1. The first-order valence-electron chi connectivity index (χ1n) is 11.3. The van der Waals surface area contributed by atoms with Gasteiger partial charge in [-0.25, -0.2) is 8.42 Å². The Labute approximate surface area is 201 Å². The fourth-order valence-electron chi connectivity index (χ4n) is 3.94. The number of hydrogen-bond acceptors (Lipinski definition) is 5. The molecule has 0 radical (unpaired) electrons. The van der Waals surface area contributed by atoms with E-state index in [1.165, 1.54) is 12.1 Å². The van der Waals surface area contributed by atoms with E-state index < -0.39 is 10.0 Å². The molecule has 178 valence electrons. The Morgan fingerprint density at radius 2 is 1.56 bits per heavy atom. The molecule has 1 fully saturated rings. The third-order valence-electron chi connectivity index (χ3n) is 5.79. The number of ether oxygens (including phenoxy) is 1. The third-order valence-corrected chi connectivity index (χ3v) is 7.19. The second kappa shape index (κ2) is 10.2. The van der Waals surface area contributed by atoms with Crippen molar-refractivity contribution < 1.29 is 17.9 Å². The zero-order chi connectivity index (χ0) is 24.1. The first-order valence-corrected chi connectivity index (χ1v) is 12.8. The molecule has 3 aromatic rings. The molecule has 4 rings (SSSR count). The molecule has 1 amide bonds. The van der Waals surface area contributed by atoms with Gasteiger partial charge in [-0.15, -0.1) is 0 Å². The molecule has 34 heavy (non-hydrogen) atoms. The SMILES string of the molecule is CCOc1ccccc1N1CCN(C(=O)c2ccc(S(=O)(=O)Nc3ccc(C)cc3)cc2)CC1. The average Bonchev–Trinajstić information content (AvgIpc) is 2.86. The second-order valence-corrected chi connectivity index (χ2v) is 9.86. The first-order chi connectivity index (χ1) is 16.4. The lowest BCUT2D eigenvalue weighted by atomic mass is 10.1. The number of hydrogen-bond donors (Lipinski definition) is 1. The Bertz CT molecular complexity index is 1230. The van der Waals surface area contributed by atoms with Crippen LogP contribution in [0, 0.1) is 6.92 Å². The van der Waals surface area contributed by atoms with Gasteiger partial charge in [0.25, 0.3) is 15.9 Å². The number of para-hydroxylation sites is 2. The van der Waals surface area contributed by atoms with E-state index in [1.807, 2.05) is 50.2 Å². The van der Waals surface area contributed by atoms with Gasteiger partial charge < -0.3 is 14.5 Å². The van der Waals surface area contributed by atoms with Gasteiger partial charge in [0, 0.05) is 37.4 Å². The Morgan fingerprint density at radius 3 is 2.21 bits per heavy atom. The van der Waals surface area contributed by atoms with Crippen molar-refractivity contribution in [1.82, 2.24) is 4.90 Å². The van der Waals surface area contributed by atoms with Gasteiger partial charge in [0.2, 0.25) is 0 Å². The lowest BCUT2D eigenvalue weighted by Crippen LogP contribution is -2.48. The average molecular weight is 480 g/mol. The molecule has 0 unspecified atom stereocenters. The van der Waals surface area contributed by atoms with Crippen LogP contribution in [0.1, 0.15) is 22.8 Å². The van der Waals surface area contributed by atoms with Gasteiger partial charge in [-0.2, -0.15) is 0 Å². The van der Waals surface area contributed by atoms with Crippen LogP contribution in [0.3, 0.4) is 0 Å². The van der Waals surface area contributed by atoms with E-state index in [-0.39, 0.29) is 10.8 Å². The van der Waals surface area contributed by atoms with Crippen LogP contribution in [0.25, 0.3) is 0 Å². The van der Waals surface area contributed by atoms with Crippen molar-refractivity contribution in [3.8, 4) is 5.75 Å². The first kappa shape index (κ1) is 23.6. The number of rotatable bonds is 7. The van der Waals surface area contributed by atoms with E-state index >= 15 is 0 Å². The van der Waals surface area contributed by atoms with Crippen molar-refractivity contribution in [3.63, 3.8) is 0 Å². The molecule has 0 saturated carbocycles. The van der Waals surface area contributed by atoms with Crippen LogP contribution >= 0.6 is 0 Å². The Balaban J connectivity index is 1.39. The number of benzene rings is 3. The third kappa shape index (κ3) is 5.34. The van der Waals surface area contributed by atoms with Crippen molar-refractivity contribution >= 4 is 27.3 Å². The highest BCUT2D eigenvalue weighted by Crippen LogP contribution is 2.29. The monoisotopic (exact) mass is 479 g/mol. The van der Waals surface area contributed by atoms with Crippen LogP contribution in [0.4, 0.5) is 11.4 Å². The predicted molar refractivity (Wildman–Crippen MR) is 134 cm³/mol. The zero-order valence-electron chi connectivity index (χ0n) is 19.4. The number of amides is 1. The maximum atomic E-state index is 13.0. The van der Waals surface area contributed by atoms with Crippen LogP contribution < -0.4 is 14.4 Å². The standard InChI is InChI=1S/C26H29N3O4S/c1-3-33-25-7-5-4-6-24(25)28-16-18-29(19-17-28)26(30)21-10-14-23(15-11-21)34(31,32)27-22-12-8-20(2)9-13-22/h4-15,27H,3,16-19H2,1-2H3. The van der Waals surface area contributed by atoms with Crippen molar-refractivity contribution in [2.45, 2.75) is 18.7 Å².